The van der Waals surface area contributed by atoms with Crippen molar-refractivity contribution in [1.29, 1.82) is 0 Å². The molecule has 3 unspecified atom stereocenters. The molecule has 2 nitrogen and oxygen atoms in total. The second-order valence-electron chi connectivity index (χ2n) is 4.20. The maximum Gasteiger partial charge on any atom is 0.142 e. The normalized spacial score (nSPS) is 16.3. The average molecular weight is 312 g/mol. The maximum atomic E-state index is 13.4. The molecule has 0 aliphatic heterocycles. The zero-order chi connectivity index (χ0) is 13.9. The van der Waals surface area contributed by atoms with Crippen molar-refractivity contribution in [3.05, 3.63) is 33.6 Å². The van der Waals surface area contributed by atoms with Crippen molar-refractivity contribution in [2.24, 2.45) is 0 Å². The number of hydrogen-bond donors (Lipinski definition) is 1. The third-order valence-corrected chi connectivity index (χ3v) is 4.80. The van der Waals surface area contributed by atoms with E-state index in [0.717, 1.165) is 0 Å². The highest BCUT2D eigenvalue weighted by molar-refractivity contribution is 7.84. The van der Waals surface area contributed by atoms with Gasteiger partial charge in [-0.2, -0.15) is 0 Å². The molecule has 0 aliphatic carbocycles. The van der Waals surface area contributed by atoms with E-state index in [4.69, 9.17) is 23.2 Å². The standard InChI is InChI=1S/C12H16Cl2FNOS/c1-7(18(3)17)6-16-8(2)11-9(13)4-5-10(15)12(11)14/h4-5,7-8,16H,6H2,1-3H3. The van der Waals surface area contributed by atoms with Gasteiger partial charge in [-0.1, -0.05) is 23.2 Å². The van der Waals surface area contributed by atoms with E-state index >= 15 is 0 Å². The first-order chi connectivity index (χ1) is 8.34. The van der Waals surface area contributed by atoms with Crippen LogP contribution in [0.4, 0.5) is 4.39 Å². The molecule has 0 heterocycles. The highest BCUT2D eigenvalue weighted by atomic mass is 35.5. The van der Waals surface area contributed by atoms with Gasteiger partial charge >= 0.3 is 0 Å². The number of halogens is 3. The van der Waals surface area contributed by atoms with Gasteiger partial charge in [-0.25, -0.2) is 4.39 Å². The molecule has 3 atom stereocenters. The third-order valence-electron chi connectivity index (χ3n) is 2.79. The lowest BCUT2D eigenvalue weighted by molar-refractivity contribution is 0.561. The Labute approximate surface area is 119 Å². The Morgan fingerprint density at radius 1 is 1.39 bits per heavy atom. The summed E-state index contributed by atoms with van der Waals surface area (Å²) in [7, 11) is -0.901. The van der Waals surface area contributed by atoms with E-state index in [9.17, 15) is 8.60 Å². The van der Waals surface area contributed by atoms with Crippen LogP contribution in [0.5, 0.6) is 0 Å². The van der Waals surface area contributed by atoms with E-state index in [2.05, 4.69) is 5.32 Å². The van der Waals surface area contributed by atoms with Crippen molar-refractivity contribution >= 4 is 34.0 Å². The Bertz CT molecular complexity index is 456. The minimum atomic E-state index is -0.901. The second kappa shape index (κ2) is 6.85. The van der Waals surface area contributed by atoms with Gasteiger partial charge < -0.3 is 5.32 Å². The Kier molecular flexibility index (Phi) is 6.05. The predicted octanol–water partition coefficient (Wildman–Crippen LogP) is 3.55. The van der Waals surface area contributed by atoms with E-state index in [1.807, 2.05) is 13.8 Å². The molecule has 0 spiro atoms. The zero-order valence-corrected chi connectivity index (χ0v) is 12.8. The topological polar surface area (TPSA) is 29.1 Å². The fourth-order valence-electron chi connectivity index (χ4n) is 1.50. The highest BCUT2D eigenvalue weighted by Crippen LogP contribution is 2.32. The van der Waals surface area contributed by atoms with Crippen LogP contribution in [0.2, 0.25) is 10.0 Å². The fourth-order valence-corrected chi connectivity index (χ4v) is 2.53. The molecule has 18 heavy (non-hydrogen) atoms. The molecule has 0 bridgehead atoms. The molecule has 102 valence electrons. The summed E-state index contributed by atoms with van der Waals surface area (Å²) >= 11 is 11.9. The molecule has 0 aromatic heterocycles. The van der Waals surface area contributed by atoms with E-state index in [-0.39, 0.29) is 16.3 Å². The lowest BCUT2D eigenvalue weighted by Gasteiger charge is -2.19. The second-order valence-corrected chi connectivity index (χ2v) is 6.78. The van der Waals surface area contributed by atoms with Crippen molar-refractivity contribution in [3.8, 4) is 0 Å². The third kappa shape index (κ3) is 3.92. The van der Waals surface area contributed by atoms with Crippen LogP contribution in [-0.2, 0) is 10.8 Å². The van der Waals surface area contributed by atoms with Gasteiger partial charge in [-0.05, 0) is 26.0 Å². The first-order valence-electron chi connectivity index (χ1n) is 5.53. The van der Waals surface area contributed by atoms with Crippen molar-refractivity contribution in [2.45, 2.75) is 25.1 Å². The Morgan fingerprint density at radius 3 is 2.56 bits per heavy atom. The molecule has 1 rings (SSSR count). The molecule has 0 radical (unpaired) electrons. The van der Waals surface area contributed by atoms with Crippen LogP contribution in [0.15, 0.2) is 12.1 Å². The van der Waals surface area contributed by atoms with Gasteiger partial charge in [0.1, 0.15) is 5.82 Å². The monoisotopic (exact) mass is 311 g/mol. The molecule has 0 saturated carbocycles. The van der Waals surface area contributed by atoms with Crippen LogP contribution in [0.1, 0.15) is 25.5 Å². The molecular weight excluding hydrogens is 296 g/mol. The molecule has 0 aliphatic rings. The van der Waals surface area contributed by atoms with Crippen molar-refractivity contribution in [1.82, 2.24) is 5.32 Å². The first kappa shape index (κ1) is 15.9. The van der Waals surface area contributed by atoms with Crippen LogP contribution in [0, 0.1) is 5.82 Å². The van der Waals surface area contributed by atoms with Gasteiger partial charge in [0.05, 0.1) is 5.02 Å². The number of nitrogens with one attached hydrogen (secondary N) is 1. The summed E-state index contributed by atoms with van der Waals surface area (Å²) in [6, 6.07) is 2.52. The van der Waals surface area contributed by atoms with Crippen molar-refractivity contribution in [2.75, 3.05) is 12.8 Å². The maximum absolute atomic E-state index is 13.4. The molecule has 6 heteroatoms. The molecule has 0 saturated heterocycles. The van der Waals surface area contributed by atoms with Crippen molar-refractivity contribution < 1.29 is 8.60 Å². The van der Waals surface area contributed by atoms with Gasteiger partial charge in [-0.15, -0.1) is 0 Å². The first-order valence-corrected chi connectivity index (χ1v) is 7.91. The van der Waals surface area contributed by atoms with E-state index in [1.165, 1.54) is 12.1 Å². The number of benzene rings is 1. The minimum Gasteiger partial charge on any atom is -0.309 e. The number of hydrogen-bond acceptors (Lipinski definition) is 2. The number of rotatable bonds is 5. The molecular formula is C12H16Cl2FNOS. The summed E-state index contributed by atoms with van der Waals surface area (Å²) in [6.45, 7) is 4.27. The van der Waals surface area contributed by atoms with Crippen LogP contribution in [0.3, 0.4) is 0 Å². The molecule has 0 fully saturated rings. The lowest BCUT2D eigenvalue weighted by atomic mass is 10.1. The predicted molar refractivity (Wildman–Crippen MR) is 76.4 cm³/mol. The van der Waals surface area contributed by atoms with Gasteiger partial charge in [0.15, 0.2) is 0 Å². The fraction of sp³-hybridized carbons (Fsp3) is 0.500. The quantitative estimate of drug-likeness (QED) is 0.843. The van der Waals surface area contributed by atoms with Gasteiger partial charge in [0.2, 0.25) is 0 Å². The van der Waals surface area contributed by atoms with Crippen LogP contribution in [-0.4, -0.2) is 22.3 Å². The molecule has 1 aromatic carbocycles. The highest BCUT2D eigenvalue weighted by Gasteiger charge is 2.17. The van der Waals surface area contributed by atoms with Gasteiger partial charge in [-0.3, -0.25) is 4.21 Å². The van der Waals surface area contributed by atoms with Crippen LogP contribution in [0.25, 0.3) is 0 Å². The van der Waals surface area contributed by atoms with Crippen molar-refractivity contribution in [3.63, 3.8) is 0 Å². The van der Waals surface area contributed by atoms with Crippen LogP contribution >= 0.6 is 23.2 Å². The SMILES string of the molecule is CC(NCC(C)S(C)=O)c1c(Cl)ccc(F)c1Cl. The lowest BCUT2D eigenvalue weighted by Crippen LogP contribution is -2.30. The van der Waals surface area contributed by atoms with E-state index < -0.39 is 16.6 Å². The Hall–Kier alpha value is -0.160. The van der Waals surface area contributed by atoms with Crippen LogP contribution < -0.4 is 5.32 Å². The smallest absolute Gasteiger partial charge is 0.142 e. The van der Waals surface area contributed by atoms with E-state index in [1.54, 1.807) is 6.26 Å². The summed E-state index contributed by atoms with van der Waals surface area (Å²) in [5, 5.41) is 3.63. The van der Waals surface area contributed by atoms with Gasteiger partial charge in [0, 0.05) is 45.5 Å². The Balaban J connectivity index is 2.82. The van der Waals surface area contributed by atoms with E-state index in [0.29, 0.717) is 17.1 Å². The Morgan fingerprint density at radius 2 is 2.00 bits per heavy atom. The largest absolute Gasteiger partial charge is 0.309 e. The summed E-state index contributed by atoms with van der Waals surface area (Å²) in [4.78, 5) is 0. The summed E-state index contributed by atoms with van der Waals surface area (Å²) in [5.74, 6) is -0.489. The zero-order valence-electron chi connectivity index (χ0n) is 10.5. The molecule has 1 aromatic rings. The minimum absolute atomic E-state index is 0.0126. The molecule has 0 amide bonds. The molecule has 1 N–H and O–H groups in total. The van der Waals surface area contributed by atoms with Gasteiger partial charge in [0.25, 0.3) is 0 Å². The summed E-state index contributed by atoms with van der Waals surface area (Å²) in [5.41, 5.74) is 0.535. The average Bonchev–Trinajstić information content (AvgIpc) is 2.31. The summed E-state index contributed by atoms with van der Waals surface area (Å²) < 4.78 is 24.6. The summed E-state index contributed by atoms with van der Waals surface area (Å²) in [6.07, 6.45) is 1.65.